The van der Waals surface area contributed by atoms with Gasteiger partial charge in [0.25, 0.3) is 0 Å². The predicted octanol–water partition coefficient (Wildman–Crippen LogP) is 4.18. The van der Waals surface area contributed by atoms with E-state index >= 15 is 0 Å². The molecule has 0 atom stereocenters. The van der Waals surface area contributed by atoms with Gasteiger partial charge in [0.15, 0.2) is 0 Å². The summed E-state index contributed by atoms with van der Waals surface area (Å²) in [4.78, 5) is 3.89. The highest BCUT2D eigenvalue weighted by Crippen LogP contribution is 2.27. The van der Waals surface area contributed by atoms with Crippen LogP contribution in [0.3, 0.4) is 0 Å². The quantitative estimate of drug-likeness (QED) is 0.785. The van der Waals surface area contributed by atoms with Gasteiger partial charge >= 0.3 is 0 Å². The molecule has 2 aromatic rings. The Labute approximate surface area is 97.4 Å². The lowest BCUT2D eigenvalue weighted by Gasteiger charge is -2.05. The Morgan fingerprint density at radius 3 is 2.07 bits per heavy atom. The van der Waals surface area contributed by atoms with Crippen LogP contribution in [0.5, 0.6) is 11.5 Å². The summed E-state index contributed by atoms with van der Waals surface area (Å²) in [5.41, 5.74) is 0. The molecule has 0 saturated heterocycles. The molecule has 0 fully saturated rings. The third kappa shape index (κ3) is 2.85. The molecule has 1 aromatic carbocycles. The molecule has 1 aromatic heterocycles. The zero-order chi connectivity index (χ0) is 10.7. The van der Waals surface area contributed by atoms with E-state index in [0.29, 0.717) is 21.5 Å². The average molecular weight is 240 g/mol. The second-order valence-corrected chi connectivity index (χ2v) is 3.76. The minimum Gasteiger partial charge on any atom is -0.457 e. The molecule has 0 aliphatic carbocycles. The maximum absolute atomic E-state index is 5.84. The topological polar surface area (TPSA) is 22.1 Å². The largest absolute Gasteiger partial charge is 0.457 e. The molecule has 0 unspecified atom stereocenters. The molecule has 0 bridgehead atoms. The first kappa shape index (κ1) is 10.3. The molecule has 0 amide bonds. The van der Waals surface area contributed by atoms with Gasteiger partial charge in [-0.05, 0) is 30.3 Å². The fourth-order valence-electron chi connectivity index (χ4n) is 1.13. The number of nitrogens with zero attached hydrogens (tertiary/aromatic N) is 1. The van der Waals surface area contributed by atoms with Crippen LogP contribution in [-0.2, 0) is 0 Å². The van der Waals surface area contributed by atoms with Crippen LogP contribution in [0.15, 0.2) is 42.7 Å². The third-order valence-corrected chi connectivity index (χ3v) is 2.16. The van der Waals surface area contributed by atoms with Crippen molar-refractivity contribution in [3.63, 3.8) is 0 Å². The van der Waals surface area contributed by atoms with E-state index in [1.54, 1.807) is 42.7 Å². The van der Waals surface area contributed by atoms with E-state index in [2.05, 4.69) is 4.98 Å². The van der Waals surface area contributed by atoms with Crippen LogP contribution in [0.2, 0.25) is 10.0 Å². The molecule has 0 radical (unpaired) electrons. The molecular weight excluding hydrogens is 233 g/mol. The van der Waals surface area contributed by atoms with Gasteiger partial charge < -0.3 is 4.74 Å². The molecule has 0 aliphatic rings. The van der Waals surface area contributed by atoms with Crippen LogP contribution in [0.25, 0.3) is 0 Å². The zero-order valence-electron chi connectivity index (χ0n) is 7.65. The number of aromatic nitrogens is 1. The van der Waals surface area contributed by atoms with Crippen molar-refractivity contribution < 1.29 is 4.74 Å². The zero-order valence-corrected chi connectivity index (χ0v) is 9.16. The molecule has 0 N–H and O–H groups in total. The number of benzene rings is 1. The van der Waals surface area contributed by atoms with Crippen molar-refractivity contribution in [1.29, 1.82) is 0 Å². The first-order chi connectivity index (χ1) is 7.24. The summed E-state index contributed by atoms with van der Waals surface area (Å²) in [5, 5.41) is 1.10. The van der Waals surface area contributed by atoms with Gasteiger partial charge in [0.2, 0.25) is 0 Å². The molecule has 0 saturated carbocycles. The van der Waals surface area contributed by atoms with Gasteiger partial charge in [0, 0.05) is 22.4 Å². The van der Waals surface area contributed by atoms with Crippen LogP contribution in [-0.4, -0.2) is 4.98 Å². The van der Waals surface area contributed by atoms with Gasteiger partial charge in [-0.2, -0.15) is 0 Å². The van der Waals surface area contributed by atoms with Crippen LogP contribution in [0.1, 0.15) is 0 Å². The monoisotopic (exact) mass is 239 g/mol. The van der Waals surface area contributed by atoms with Gasteiger partial charge in [-0.25, -0.2) is 0 Å². The summed E-state index contributed by atoms with van der Waals surface area (Å²) >= 11 is 11.7. The Morgan fingerprint density at radius 2 is 1.47 bits per heavy atom. The van der Waals surface area contributed by atoms with Crippen molar-refractivity contribution in [2.45, 2.75) is 0 Å². The highest BCUT2D eigenvalue weighted by Gasteiger charge is 2.00. The molecule has 1 heterocycles. The van der Waals surface area contributed by atoms with E-state index in [1.807, 2.05) is 0 Å². The number of halogens is 2. The summed E-state index contributed by atoms with van der Waals surface area (Å²) in [6.45, 7) is 0. The Hall–Kier alpha value is -1.25. The Balaban J connectivity index is 2.25. The van der Waals surface area contributed by atoms with Gasteiger partial charge in [-0.3, -0.25) is 4.98 Å². The molecule has 4 heteroatoms. The fraction of sp³-hybridized carbons (Fsp3) is 0. The van der Waals surface area contributed by atoms with Crippen LogP contribution >= 0.6 is 23.2 Å². The third-order valence-electron chi connectivity index (χ3n) is 1.72. The predicted molar refractivity (Wildman–Crippen MR) is 60.8 cm³/mol. The lowest BCUT2D eigenvalue weighted by Crippen LogP contribution is -1.84. The smallest absolute Gasteiger partial charge is 0.130 e. The van der Waals surface area contributed by atoms with Gasteiger partial charge in [0.05, 0.1) is 0 Å². The van der Waals surface area contributed by atoms with Gasteiger partial charge in [-0.1, -0.05) is 23.2 Å². The Bertz CT molecular complexity index is 439. The van der Waals surface area contributed by atoms with Gasteiger partial charge in [0.1, 0.15) is 11.5 Å². The summed E-state index contributed by atoms with van der Waals surface area (Å²) < 4.78 is 5.53. The number of rotatable bonds is 2. The minimum absolute atomic E-state index is 0.548. The average Bonchev–Trinajstić information content (AvgIpc) is 2.17. The lowest BCUT2D eigenvalue weighted by atomic mass is 10.3. The van der Waals surface area contributed by atoms with Crippen LogP contribution in [0, 0.1) is 0 Å². The van der Waals surface area contributed by atoms with Gasteiger partial charge in [-0.15, -0.1) is 0 Å². The van der Waals surface area contributed by atoms with Crippen molar-refractivity contribution in [1.82, 2.24) is 4.98 Å². The highest BCUT2D eigenvalue weighted by atomic mass is 35.5. The van der Waals surface area contributed by atoms with Crippen LogP contribution < -0.4 is 4.74 Å². The van der Waals surface area contributed by atoms with Crippen molar-refractivity contribution in [3.8, 4) is 11.5 Å². The van der Waals surface area contributed by atoms with E-state index in [0.717, 1.165) is 0 Å². The molecule has 2 nitrogen and oxygen atoms in total. The van der Waals surface area contributed by atoms with E-state index in [9.17, 15) is 0 Å². The van der Waals surface area contributed by atoms with Crippen molar-refractivity contribution in [3.05, 3.63) is 52.8 Å². The molecule has 2 rings (SSSR count). The van der Waals surface area contributed by atoms with E-state index in [-0.39, 0.29) is 0 Å². The first-order valence-electron chi connectivity index (χ1n) is 4.28. The number of ether oxygens (including phenoxy) is 1. The first-order valence-corrected chi connectivity index (χ1v) is 5.03. The number of pyridine rings is 1. The van der Waals surface area contributed by atoms with E-state index in [1.165, 1.54) is 0 Å². The Morgan fingerprint density at radius 1 is 0.867 bits per heavy atom. The molecule has 76 valence electrons. The number of hydrogen-bond donors (Lipinski definition) is 0. The molecule has 15 heavy (non-hydrogen) atoms. The van der Waals surface area contributed by atoms with Crippen molar-refractivity contribution in [2.24, 2.45) is 0 Å². The second-order valence-electron chi connectivity index (χ2n) is 2.89. The summed E-state index contributed by atoms with van der Waals surface area (Å²) in [7, 11) is 0. The maximum Gasteiger partial charge on any atom is 0.130 e. The maximum atomic E-state index is 5.84. The molecule has 0 aliphatic heterocycles. The van der Waals surface area contributed by atoms with E-state index in [4.69, 9.17) is 27.9 Å². The summed E-state index contributed by atoms with van der Waals surface area (Å²) in [6.07, 6.45) is 3.31. The van der Waals surface area contributed by atoms with Crippen LogP contribution in [0.4, 0.5) is 0 Å². The van der Waals surface area contributed by atoms with E-state index < -0.39 is 0 Å². The molecule has 0 spiro atoms. The van der Waals surface area contributed by atoms with Crippen molar-refractivity contribution in [2.75, 3.05) is 0 Å². The SMILES string of the molecule is Clc1cc(Cl)cc(Oc2ccncc2)c1. The summed E-state index contributed by atoms with van der Waals surface area (Å²) in [6, 6.07) is 8.58. The van der Waals surface area contributed by atoms with Crippen molar-refractivity contribution >= 4 is 23.2 Å². The fourth-order valence-corrected chi connectivity index (χ4v) is 1.64. The number of hydrogen-bond acceptors (Lipinski definition) is 2. The highest BCUT2D eigenvalue weighted by molar-refractivity contribution is 6.34. The summed E-state index contributed by atoms with van der Waals surface area (Å²) in [5.74, 6) is 1.31. The standard InChI is InChI=1S/C11H7Cl2NO/c12-8-5-9(13)7-11(6-8)15-10-1-3-14-4-2-10/h1-7H. The second kappa shape index (κ2) is 4.51. The minimum atomic E-state index is 0.548. The normalized spacial score (nSPS) is 10.0. The molecular formula is C11H7Cl2NO. The Kier molecular flexibility index (Phi) is 3.09. The lowest BCUT2D eigenvalue weighted by molar-refractivity contribution is 0.482.